The summed E-state index contributed by atoms with van der Waals surface area (Å²) < 4.78 is 0. The number of hydrogen-bond acceptors (Lipinski definition) is 2. The number of hydrogen-bond donors (Lipinski definition) is 2. The van der Waals surface area contributed by atoms with Crippen LogP contribution in [-0.2, 0) is 0 Å². The van der Waals surface area contributed by atoms with Crippen molar-refractivity contribution in [3.05, 3.63) is 11.6 Å². The molecule has 0 aliphatic heterocycles. The molecule has 0 aromatic carbocycles. The highest BCUT2D eigenvalue weighted by molar-refractivity contribution is 5.31. The van der Waals surface area contributed by atoms with Gasteiger partial charge >= 0.3 is 0 Å². The van der Waals surface area contributed by atoms with Gasteiger partial charge in [-0.25, -0.2) is 0 Å². The van der Waals surface area contributed by atoms with Crippen LogP contribution in [0.2, 0.25) is 0 Å². The Balaban J connectivity index is 1.59. The maximum Gasteiger partial charge on any atom is 0.0628 e. The third-order valence-corrected chi connectivity index (χ3v) is 11.2. The molecule has 178 valence electrons. The molecular formula is C29H50O2. The average Bonchev–Trinajstić information content (AvgIpc) is 3.05. The van der Waals surface area contributed by atoms with Crippen LogP contribution >= 0.6 is 0 Å². The van der Waals surface area contributed by atoms with Gasteiger partial charge in [-0.15, -0.1) is 0 Å². The predicted molar refractivity (Wildman–Crippen MR) is 130 cm³/mol. The van der Waals surface area contributed by atoms with Crippen LogP contribution in [-0.4, -0.2) is 22.4 Å². The van der Waals surface area contributed by atoms with Gasteiger partial charge < -0.3 is 10.2 Å². The zero-order chi connectivity index (χ0) is 22.8. The Morgan fingerprint density at radius 2 is 1.65 bits per heavy atom. The van der Waals surface area contributed by atoms with E-state index in [2.05, 4.69) is 54.5 Å². The van der Waals surface area contributed by atoms with E-state index in [1.54, 1.807) is 0 Å². The fourth-order valence-electron chi connectivity index (χ4n) is 9.37. The Morgan fingerprint density at radius 3 is 2.32 bits per heavy atom. The summed E-state index contributed by atoms with van der Waals surface area (Å²) in [7, 11) is 0. The molecule has 31 heavy (non-hydrogen) atoms. The second-order valence-corrected chi connectivity index (χ2v) is 13.5. The molecule has 0 amide bonds. The third-order valence-electron chi connectivity index (χ3n) is 11.2. The molecule has 0 bridgehead atoms. The Bertz CT molecular complexity index is 693. The van der Waals surface area contributed by atoms with Crippen LogP contribution in [0.5, 0.6) is 0 Å². The van der Waals surface area contributed by atoms with Gasteiger partial charge in [-0.1, -0.05) is 79.4 Å². The van der Waals surface area contributed by atoms with Gasteiger partial charge in [-0.05, 0) is 84.9 Å². The van der Waals surface area contributed by atoms with E-state index in [-0.39, 0.29) is 28.5 Å². The summed E-state index contributed by atoms with van der Waals surface area (Å²) >= 11 is 0. The largest absolute Gasteiger partial charge is 0.393 e. The lowest BCUT2D eigenvalue weighted by atomic mass is 9.43. The van der Waals surface area contributed by atoms with E-state index in [4.69, 9.17) is 0 Å². The van der Waals surface area contributed by atoms with Crippen LogP contribution in [0, 0.1) is 51.8 Å². The molecule has 4 aliphatic rings. The highest BCUT2D eigenvalue weighted by Crippen LogP contribution is 2.68. The second-order valence-electron chi connectivity index (χ2n) is 13.5. The minimum absolute atomic E-state index is 0.0871. The number of aliphatic hydroxyl groups is 2. The van der Waals surface area contributed by atoms with Crippen molar-refractivity contribution in [2.24, 2.45) is 51.8 Å². The first-order valence-electron chi connectivity index (χ1n) is 13.5. The smallest absolute Gasteiger partial charge is 0.0628 e. The van der Waals surface area contributed by atoms with Gasteiger partial charge in [-0.2, -0.15) is 0 Å². The predicted octanol–water partition coefficient (Wildman–Crippen LogP) is 7.00. The highest BCUT2D eigenvalue weighted by Gasteiger charge is 2.64. The summed E-state index contributed by atoms with van der Waals surface area (Å²) in [6.07, 6.45) is 12.8. The molecule has 2 heteroatoms. The van der Waals surface area contributed by atoms with Crippen LogP contribution in [0.3, 0.4) is 0 Å². The van der Waals surface area contributed by atoms with Gasteiger partial charge in [0.15, 0.2) is 0 Å². The van der Waals surface area contributed by atoms with Crippen molar-refractivity contribution in [3.8, 4) is 0 Å². The quantitative estimate of drug-likeness (QED) is 0.461. The van der Waals surface area contributed by atoms with Gasteiger partial charge in [-0.3, -0.25) is 0 Å². The van der Waals surface area contributed by atoms with Crippen molar-refractivity contribution < 1.29 is 10.2 Å². The van der Waals surface area contributed by atoms with Crippen LogP contribution in [0.25, 0.3) is 0 Å². The molecule has 0 radical (unpaired) electrons. The first-order valence-corrected chi connectivity index (χ1v) is 13.5. The molecular weight excluding hydrogens is 380 g/mol. The number of rotatable bonds is 5. The monoisotopic (exact) mass is 430 g/mol. The van der Waals surface area contributed by atoms with Gasteiger partial charge in [0.25, 0.3) is 0 Å². The summed E-state index contributed by atoms with van der Waals surface area (Å²) in [6, 6.07) is 0. The lowest BCUT2D eigenvalue weighted by molar-refractivity contribution is -0.143. The summed E-state index contributed by atoms with van der Waals surface area (Å²) in [5, 5.41) is 22.5. The molecule has 3 saturated carbocycles. The number of allylic oxidation sites excluding steroid dienone is 1. The SMILES string of the molecule is CC(C)CCC[C@@H](C)[C@H]1CC[C@H]2[C@@H]3CC=C4C(C)(C)[C@@H](O)CC[C@]4(C)[C@H]3C[C@H](O)[C@]12C. The van der Waals surface area contributed by atoms with Crippen LogP contribution in [0.15, 0.2) is 11.6 Å². The Kier molecular flexibility index (Phi) is 6.26. The van der Waals surface area contributed by atoms with Gasteiger partial charge in [0.05, 0.1) is 12.2 Å². The standard InChI is InChI=1S/C29H50O2/c1-18(2)9-8-10-19(3)21-12-13-22-20-11-14-24-27(4,5)25(30)15-16-28(24,6)23(20)17-26(31)29(21,22)7/h14,18-23,25-26,30-31H,8-13,15-17H2,1-7H3/t19-,20+,21-,22+,23+,25+,26+,28-,29-/m1/s1. The third kappa shape index (κ3) is 3.58. The molecule has 0 saturated heterocycles. The Hall–Kier alpha value is -0.340. The molecule has 9 atom stereocenters. The van der Waals surface area contributed by atoms with Crippen LogP contribution in [0.4, 0.5) is 0 Å². The maximum absolute atomic E-state index is 11.7. The molecule has 2 nitrogen and oxygen atoms in total. The Morgan fingerprint density at radius 1 is 0.935 bits per heavy atom. The van der Waals surface area contributed by atoms with E-state index in [9.17, 15) is 10.2 Å². The fraction of sp³-hybridized carbons (Fsp3) is 0.931. The van der Waals surface area contributed by atoms with Crippen LogP contribution in [0.1, 0.15) is 106 Å². The zero-order valence-corrected chi connectivity index (χ0v) is 21.5. The van der Waals surface area contributed by atoms with Gasteiger partial charge in [0.1, 0.15) is 0 Å². The molecule has 4 rings (SSSR count). The van der Waals surface area contributed by atoms with Crippen molar-refractivity contribution in [1.82, 2.24) is 0 Å². The molecule has 0 unspecified atom stereocenters. The van der Waals surface area contributed by atoms with E-state index in [0.717, 1.165) is 31.6 Å². The fourth-order valence-corrected chi connectivity index (χ4v) is 9.37. The highest BCUT2D eigenvalue weighted by atomic mass is 16.3. The van der Waals surface area contributed by atoms with Gasteiger partial charge in [0, 0.05) is 5.41 Å². The summed E-state index contributed by atoms with van der Waals surface area (Å²) in [5.41, 5.74) is 1.60. The maximum atomic E-state index is 11.7. The molecule has 4 aliphatic carbocycles. The average molecular weight is 431 g/mol. The first kappa shape index (κ1) is 23.8. The van der Waals surface area contributed by atoms with Crippen molar-refractivity contribution >= 4 is 0 Å². The van der Waals surface area contributed by atoms with Gasteiger partial charge in [0.2, 0.25) is 0 Å². The Labute approximate surface area is 192 Å². The van der Waals surface area contributed by atoms with Crippen molar-refractivity contribution in [3.63, 3.8) is 0 Å². The minimum Gasteiger partial charge on any atom is -0.393 e. The van der Waals surface area contributed by atoms with Crippen molar-refractivity contribution in [2.75, 3.05) is 0 Å². The van der Waals surface area contributed by atoms with Crippen molar-refractivity contribution in [2.45, 2.75) is 118 Å². The molecule has 0 aromatic heterocycles. The summed E-state index contributed by atoms with van der Waals surface area (Å²) in [5.74, 6) is 4.12. The lowest BCUT2D eigenvalue weighted by Crippen LogP contribution is -2.58. The van der Waals surface area contributed by atoms with E-state index < -0.39 is 0 Å². The zero-order valence-electron chi connectivity index (χ0n) is 21.5. The second kappa shape index (κ2) is 8.15. The normalized spacial score (nSPS) is 47.4. The molecule has 0 aromatic rings. The molecule has 3 fully saturated rings. The first-order chi connectivity index (χ1) is 14.4. The summed E-state index contributed by atoms with van der Waals surface area (Å²) in [4.78, 5) is 0. The van der Waals surface area contributed by atoms with E-state index in [0.29, 0.717) is 29.6 Å². The van der Waals surface area contributed by atoms with Crippen molar-refractivity contribution in [1.29, 1.82) is 0 Å². The molecule has 0 heterocycles. The van der Waals surface area contributed by atoms with Crippen LogP contribution < -0.4 is 0 Å². The van der Waals surface area contributed by atoms with E-state index in [1.807, 2.05) is 0 Å². The topological polar surface area (TPSA) is 40.5 Å². The van der Waals surface area contributed by atoms with E-state index >= 15 is 0 Å². The number of fused-ring (bicyclic) bond motifs is 5. The molecule has 2 N–H and O–H groups in total. The number of aliphatic hydroxyl groups excluding tert-OH is 2. The molecule has 0 spiro atoms. The minimum atomic E-state index is -0.232. The van der Waals surface area contributed by atoms with E-state index in [1.165, 1.54) is 37.7 Å². The lowest BCUT2D eigenvalue weighted by Gasteiger charge is -2.62. The summed E-state index contributed by atoms with van der Waals surface area (Å²) in [6.45, 7) is 16.6.